The third-order valence-electron chi connectivity index (χ3n) is 2.51. The Bertz CT molecular complexity index is 593. The number of hydrogen-bond donors (Lipinski definition) is 2. The van der Waals surface area contributed by atoms with Crippen molar-refractivity contribution < 1.29 is 9.13 Å². The van der Waals surface area contributed by atoms with Gasteiger partial charge in [0.2, 0.25) is 11.9 Å². The zero-order valence-corrected chi connectivity index (χ0v) is 12.1. The Morgan fingerprint density at radius 1 is 1.10 bits per heavy atom. The topological polar surface area (TPSA) is 72.0 Å². The third-order valence-corrected chi connectivity index (χ3v) is 2.51. The second-order valence-electron chi connectivity index (χ2n) is 4.25. The molecule has 1 aromatic carbocycles. The molecule has 0 atom stereocenters. The van der Waals surface area contributed by atoms with Gasteiger partial charge in [0, 0.05) is 6.54 Å². The molecule has 1 aromatic heterocycles. The minimum absolute atomic E-state index is 0.210. The Morgan fingerprint density at radius 3 is 2.57 bits per heavy atom. The van der Waals surface area contributed by atoms with E-state index >= 15 is 0 Å². The van der Waals surface area contributed by atoms with E-state index in [1.54, 1.807) is 18.2 Å². The largest absolute Gasteiger partial charge is 0.463 e. The van der Waals surface area contributed by atoms with E-state index in [0.717, 1.165) is 6.42 Å². The first kappa shape index (κ1) is 15.0. The minimum atomic E-state index is -0.376. The normalized spacial score (nSPS) is 10.2. The van der Waals surface area contributed by atoms with Crippen molar-refractivity contribution >= 4 is 17.6 Å². The molecule has 0 aliphatic heterocycles. The van der Waals surface area contributed by atoms with Gasteiger partial charge in [0.15, 0.2) is 0 Å². The molecule has 0 bridgehead atoms. The highest BCUT2D eigenvalue weighted by Crippen LogP contribution is 2.19. The fraction of sp³-hybridized carbons (Fsp3) is 0.357. The number of halogens is 1. The van der Waals surface area contributed by atoms with Crippen LogP contribution in [0.25, 0.3) is 0 Å². The average molecular weight is 291 g/mol. The monoisotopic (exact) mass is 291 g/mol. The lowest BCUT2D eigenvalue weighted by molar-refractivity contribution is 0.292. The summed E-state index contributed by atoms with van der Waals surface area (Å²) in [4.78, 5) is 12.4. The Labute approximate surface area is 122 Å². The van der Waals surface area contributed by atoms with Gasteiger partial charge in [-0.2, -0.15) is 15.0 Å². The quantitative estimate of drug-likeness (QED) is 0.817. The van der Waals surface area contributed by atoms with Gasteiger partial charge < -0.3 is 15.4 Å². The first-order valence-corrected chi connectivity index (χ1v) is 6.87. The third kappa shape index (κ3) is 4.27. The second kappa shape index (κ2) is 7.37. The van der Waals surface area contributed by atoms with Gasteiger partial charge in [0.05, 0.1) is 12.3 Å². The van der Waals surface area contributed by atoms with E-state index in [0.29, 0.717) is 24.8 Å². The fourth-order valence-corrected chi connectivity index (χ4v) is 1.59. The summed E-state index contributed by atoms with van der Waals surface area (Å²) < 4.78 is 19.1. The number of nitrogens with one attached hydrogen (secondary N) is 2. The van der Waals surface area contributed by atoms with Crippen LogP contribution in [0.4, 0.5) is 22.0 Å². The number of para-hydroxylation sites is 1. The maximum absolute atomic E-state index is 13.6. The van der Waals surface area contributed by atoms with Gasteiger partial charge in [-0.3, -0.25) is 0 Å². The van der Waals surface area contributed by atoms with Gasteiger partial charge in [0.1, 0.15) is 5.82 Å². The number of anilines is 3. The number of benzene rings is 1. The lowest BCUT2D eigenvalue weighted by Crippen LogP contribution is -2.09. The van der Waals surface area contributed by atoms with Crippen molar-refractivity contribution in [3.8, 4) is 6.01 Å². The van der Waals surface area contributed by atoms with Gasteiger partial charge in [0.25, 0.3) is 0 Å². The van der Waals surface area contributed by atoms with Crippen LogP contribution in [-0.2, 0) is 0 Å². The minimum Gasteiger partial charge on any atom is -0.463 e. The number of hydrogen-bond acceptors (Lipinski definition) is 6. The molecule has 0 unspecified atom stereocenters. The summed E-state index contributed by atoms with van der Waals surface area (Å²) in [6, 6.07) is 6.53. The smallest absolute Gasteiger partial charge is 0.323 e. The molecule has 7 heteroatoms. The fourth-order valence-electron chi connectivity index (χ4n) is 1.59. The molecule has 0 aliphatic rings. The van der Waals surface area contributed by atoms with Gasteiger partial charge in [-0.1, -0.05) is 19.1 Å². The zero-order valence-electron chi connectivity index (χ0n) is 12.1. The van der Waals surface area contributed by atoms with Crippen LogP contribution >= 0.6 is 0 Å². The van der Waals surface area contributed by atoms with Crippen LogP contribution < -0.4 is 15.4 Å². The van der Waals surface area contributed by atoms with E-state index in [1.807, 2.05) is 13.8 Å². The maximum atomic E-state index is 13.6. The number of ether oxygens (including phenoxy) is 1. The molecule has 0 saturated heterocycles. The van der Waals surface area contributed by atoms with Crippen LogP contribution in [0.1, 0.15) is 20.3 Å². The summed E-state index contributed by atoms with van der Waals surface area (Å²) in [6.45, 7) is 5.09. The van der Waals surface area contributed by atoms with Crippen molar-refractivity contribution in [2.75, 3.05) is 23.8 Å². The molecule has 112 valence electrons. The van der Waals surface area contributed by atoms with Crippen molar-refractivity contribution in [1.29, 1.82) is 0 Å². The molecular formula is C14H18FN5O. The van der Waals surface area contributed by atoms with Gasteiger partial charge in [-0.15, -0.1) is 0 Å². The summed E-state index contributed by atoms with van der Waals surface area (Å²) >= 11 is 0. The highest BCUT2D eigenvalue weighted by atomic mass is 19.1. The van der Waals surface area contributed by atoms with Crippen molar-refractivity contribution in [3.63, 3.8) is 0 Å². The van der Waals surface area contributed by atoms with E-state index in [9.17, 15) is 4.39 Å². The molecule has 6 nitrogen and oxygen atoms in total. The molecule has 2 aromatic rings. The van der Waals surface area contributed by atoms with E-state index < -0.39 is 0 Å². The highest BCUT2D eigenvalue weighted by Gasteiger charge is 2.09. The van der Waals surface area contributed by atoms with Gasteiger partial charge in [-0.05, 0) is 25.5 Å². The Balaban J connectivity index is 2.24. The summed E-state index contributed by atoms with van der Waals surface area (Å²) in [5.74, 6) is 0.244. The number of nitrogens with zero attached hydrogens (tertiary/aromatic N) is 3. The molecule has 0 radical (unpaired) electrons. The van der Waals surface area contributed by atoms with Crippen molar-refractivity contribution in [3.05, 3.63) is 30.1 Å². The average Bonchev–Trinajstić information content (AvgIpc) is 2.48. The Morgan fingerprint density at radius 2 is 1.86 bits per heavy atom. The molecule has 0 spiro atoms. The zero-order chi connectivity index (χ0) is 15.1. The van der Waals surface area contributed by atoms with Crippen LogP contribution in [0.2, 0.25) is 0 Å². The predicted molar refractivity (Wildman–Crippen MR) is 79.5 cm³/mol. The summed E-state index contributed by atoms with van der Waals surface area (Å²) in [7, 11) is 0. The van der Waals surface area contributed by atoms with Crippen LogP contribution in [0.3, 0.4) is 0 Å². The summed E-state index contributed by atoms with van der Waals surface area (Å²) in [6.07, 6.45) is 0.846. The highest BCUT2D eigenvalue weighted by molar-refractivity contribution is 5.54. The summed E-state index contributed by atoms with van der Waals surface area (Å²) in [5, 5.41) is 5.82. The summed E-state index contributed by atoms with van der Waals surface area (Å²) in [5.41, 5.74) is 0.299. The molecular weight excluding hydrogens is 273 g/mol. The lowest BCUT2D eigenvalue weighted by Gasteiger charge is -2.10. The molecule has 21 heavy (non-hydrogen) atoms. The van der Waals surface area contributed by atoms with Gasteiger partial charge in [-0.25, -0.2) is 4.39 Å². The molecule has 0 amide bonds. The molecule has 2 N–H and O–H groups in total. The number of aromatic nitrogens is 3. The molecule has 0 saturated carbocycles. The van der Waals surface area contributed by atoms with Crippen molar-refractivity contribution in [1.82, 2.24) is 15.0 Å². The van der Waals surface area contributed by atoms with Crippen LogP contribution in [0, 0.1) is 5.82 Å². The molecule has 0 aliphatic carbocycles. The molecule has 0 fully saturated rings. The van der Waals surface area contributed by atoms with Crippen LogP contribution in [-0.4, -0.2) is 28.1 Å². The first-order valence-electron chi connectivity index (χ1n) is 6.87. The van der Waals surface area contributed by atoms with Crippen molar-refractivity contribution in [2.24, 2.45) is 0 Å². The second-order valence-corrected chi connectivity index (χ2v) is 4.25. The standard InChI is InChI=1S/C14H18FN5O/c1-3-9-21-14-19-12(16-4-2)18-13(20-14)17-11-8-6-5-7-10(11)15/h5-8H,3-4,9H2,1-2H3,(H2,16,17,18,19,20). The SMILES string of the molecule is CCCOc1nc(NCC)nc(Nc2ccccc2F)n1. The Kier molecular flexibility index (Phi) is 5.25. The maximum Gasteiger partial charge on any atom is 0.323 e. The first-order chi connectivity index (χ1) is 10.2. The van der Waals surface area contributed by atoms with Crippen molar-refractivity contribution in [2.45, 2.75) is 20.3 Å². The van der Waals surface area contributed by atoms with E-state index in [-0.39, 0.29) is 17.8 Å². The van der Waals surface area contributed by atoms with E-state index in [2.05, 4.69) is 25.6 Å². The Hall–Kier alpha value is -2.44. The molecule has 2 rings (SSSR count). The lowest BCUT2D eigenvalue weighted by atomic mass is 10.3. The van der Waals surface area contributed by atoms with E-state index in [1.165, 1.54) is 6.07 Å². The number of rotatable bonds is 7. The predicted octanol–water partition coefficient (Wildman–Crippen LogP) is 2.97. The van der Waals surface area contributed by atoms with E-state index in [4.69, 9.17) is 4.74 Å². The van der Waals surface area contributed by atoms with Gasteiger partial charge >= 0.3 is 6.01 Å². The van der Waals surface area contributed by atoms with Crippen LogP contribution in [0.15, 0.2) is 24.3 Å². The molecule has 1 heterocycles. The van der Waals surface area contributed by atoms with Crippen LogP contribution in [0.5, 0.6) is 6.01 Å².